The minimum absolute atomic E-state index is 0.0927. The third kappa shape index (κ3) is 4.14. The zero-order valence-electron chi connectivity index (χ0n) is 12.2. The summed E-state index contributed by atoms with van der Waals surface area (Å²) >= 11 is 5.73. The molecule has 0 aliphatic carbocycles. The second-order valence-electron chi connectivity index (χ2n) is 4.92. The van der Waals surface area contributed by atoms with Gasteiger partial charge in [0.25, 0.3) is 0 Å². The first-order valence-corrected chi connectivity index (χ1v) is 7.44. The number of H-pyrrole nitrogens is 1. The number of hydrogen-bond donors (Lipinski definition) is 2. The maximum absolute atomic E-state index is 12.0. The lowest BCUT2D eigenvalue weighted by molar-refractivity contribution is -0.116. The largest absolute Gasteiger partial charge is 0.325 e. The number of hydrogen-bond acceptors (Lipinski definition) is 4. The lowest BCUT2D eigenvalue weighted by atomic mass is 10.1. The number of aromatic amines is 1. The van der Waals surface area contributed by atoms with Crippen LogP contribution in [0.15, 0.2) is 49.1 Å². The number of anilines is 1. The zero-order valence-corrected chi connectivity index (χ0v) is 12.9. The van der Waals surface area contributed by atoms with E-state index in [1.165, 1.54) is 0 Å². The van der Waals surface area contributed by atoms with E-state index in [2.05, 4.69) is 25.3 Å². The molecule has 0 fully saturated rings. The van der Waals surface area contributed by atoms with Crippen molar-refractivity contribution in [1.29, 1.82) is 0 Å². The average Bonchev–Trinajstić information content (AvgIpc) is 3.04. The molecule has 0 aliphatic heterocycles. The van der Waals surface area contributed by atoms with E-state index in [9.17, 15) is 4.79 Å². The summed E-state index contributed by atoms with van der Waals surface area (Å²) in [7, 11) is 0. The summed E-state index contributed by atoms with van der Waals surface area (Å²) < 4.78 is 0. The predicted octanol–water partition coefficient (Wildman–Crippen LogP) is 3.09. The van der Waals surface area contributed by atoms with Crippen LogP contribution in [-0.2, 0) is 11.2 Å². The zero-order chi connectivity index (χ0) is 16.1. The van der Waals surface area contributed by atoms with Crippen LogP contribution in [0.3, 0.4) is 0 Å². The number of aromatic nitrogens is 4. The van der Waals surface area contributed by atoms with Crippen LogP contribution in [0.2, 0.25) is 5.15 Å². The highest BCUT2D eigenvalue weighted by molar-refractivity contribution is 6.29. The molecule has 3 rings (SSSR count). The van der Waals surface area contributed by atoms with E-state index in [1.807, 2.05) is 18.2 Å². The summed E-state index contributed by atoms with van der Waals surface area (Å²) in [5.74, 6) is 1.16. The molecule has 0 unspecified atom stereocenters. The lowest BCUT2D eigenvalue weighted by Gasteiger charge is -2.03. The van der Waals surface area contributed by atoms with Gasteiger partial charge in [-0.2, -0.15) is 0 Å². The molecular formula is C16H14ClN5O. The SMILES string of the molecule is O=C(CCc1ccc(Cl)nc1)Nc1cnc(-c2ccncc2)[nH]1. The van der Waals surface area contributed by atoms with E-state index >= 15 is 0 Å². The second-order valence-corrected chi connectivity index (χ2v) is 5.31. The molecule has 3 aromatic heterocycles. The Morgan fingerprint density at radius 2 is 1.96 bits per heavy atom. The van der Waals surface area contributed by atoms with Crippen molar-refractivity contribution in [2.75, 3.05) is 5.32 Å². The van der Waals surface area contributed by atoms with Crippen molar-refractivity contribution in [2.24, 2.45) is 0 Å². The van der Waals surface area contributed by atoms with Crippen molar-refractivity contribution in [3.05, 3.63) is 59.8 Å². The highest BCUT2D eigenvalue weighted by Crippen LogP contribution is 2.16. The van der Waals surface area contributed by atoms with Crippen molar-refractivity contribution in [3.63, 3.8) is 0 Å². The van der Waals surface area contributed by atoms with Gasteiger partial charge in [-0.05, 0) is 30.2 Å². The smallest absolute Gasteiger partial charge is 0.225 e. The van der Waals surface area contributed by atoms with Crippen LogP contribution in [0.1, 0.15) is 12.0 Å². The number of amides is 1. The topological polar surface area (TPSA) is 83.6 Å². The molecule has 7 heteroatoms. The number of rotatable bonds is 5. The monoisotopic (exact) mass is 327 g/mol. The van der Waals surface area contributed by atoms with E-state index in [1.54, 1.807) is 30.9 Å². The fraction of sp³-hybridized carbons (Fsp3) is 0.125. The number of nitrogens with zero attached hydrogens (tertiary/aromatic N) is 3. The van der Waals surface area contributed by atoms with Gasteiger partial charge in [-0.15, -0.1) is 0 Å². The van der Waals surface area contributed by atoms with Crippen LogP contribution in [0.4, 0.5) is 5.82 Å². The first-order valence-electron chi connectivity index (χ1n) is 7.06. The number of imidazole rings is 1. The molecule has 23 heavy (non-hydrogen) atoms. The Hall–Kier alpha value is -2.73. The van der Waals surface area contributed by atoms with E-state index in [4.69, 9.17) is 11.6 Å². The number of aryl methyl sites for hydroxylation is 1. The van der Waals surface area contributed by atoms with Crippen molar-refractivity contribution in [2.45, 2.75) is 12.8 Å². The second kappa shape index (κ2) is 7.02. The molecule has 0 bridgehead atoms. The number of nitrogens with one attached hydrogen (secondary N) is 2. The van der Waals surface area contributed by atoms with Crippen LogP contribution in [-0.4, -0.2) is 25.8 Å². The van der Waals surface area contributed by atoms with Gasteiger partial charge in [0.15, 0.2) is 0 Å². The van der Waals surface area contributed by atoms with Gasteiger partial charge in [-0.1, -0.05) is 17.7 Å². The molecule has 0 aromatic carbocycles. The third-order valence-electron chi connectivity index (χ3n) is 3.23. The van der Waals surface area contributed by atoms with Gasteiger partial charge in [0.05, 0.1) is 6.20 Å². The molecule has 1 amide bonds. The fourth-order valence-corrected chi connectivity index (χ4v) is 2.18. The fourth-order valence-electron chi connectivity index (χ4n) is 2.07. The van der Waals surface area contributed by atoms with Crippen molar-refractivity contribution in [1.82, 2.24) is 19.9 Å². The third-order valence-corrected chi connectivity index (χ3v) is 3.46. The van der Waals surface area contributed by atoms with Gasteiger partial charge in [0.2, 0.25) is 5.91 Å². The molecule has 0 atom stereocenters. The first-order chi connectivity index (χ1) is 11.2. The number of carbonyl (C=O) groups excluding carboxylic acids is 1. The molecule has 3 aromatic rings. The van der Waals surface area contributed by atoms with Crippen LogP contribution in [0, 0.1) is 0 Å². The van der Waals surface area contributed by atoms with Crippen LogP contribution >= 0.6 is 11.6 Å². The Morgan fingerprint density at radius 1 is 1.13 bits per heavy atom. The van der Waals surface area contributed by atoms with Crippen molar-refractivity contribution in [3.8, 4) is 11.4 Å². The highest BCUT2D eigenvalue weighted by Gasteiger charge is 2.07. The molecule has 116 valence electrons. The molecule has 0 saturated carbocycles. The summed E-state index contributed by atoms with van der Waals surface area (Å²) in [6, 6.07) is 7.26. The number of halogens is 1. The lowest BCUT2D eigenvalue weighted by Crippen LogP contribution is -2.12. The van der Waals surface area contributed by atoms with E-state index < -0.39 is 0 Å². The quantitative estimate of drug-likeness (QED) is 0.705. The summed E-state index contributed by atoms with van der Waals surface area (Å²) in [5.41, 5.74) is 1.87. The molecular weight excluding hydrogens is 314 g/mol. The average molecular weight is 328 g/mol. The summed E-state index contributed by atoms with van der Waals surface area (Å²) in [4.78, 5) is 27.2. The maximum atomic E-state index is 12.0. The highest BCUT2D eigenvalue weighted by atomic mass is 35.5. The molecule has 0 radical (unpaired) electrons. The Kier molecular flexibility index (Phi) is 4.63. The molecule has 0 aliphatic rings. The number of carbonyl (C=O) groups is 1. The van der Waals surface area contributed by atoms with Crippen molar-refractivity contribution >= 4 is 23.3 Å². The maximum Gasteiger partial charge on any atom is 0.225 e. The van der Waals surface area contributed by atoms with Gasteiger partial charge < -0.3 is 10.3 Å². The molecule has 0 saturated heterocycles. The normalized spacial score (nSPS) is 10.5. The molecule has 3 heterocycles. The van der Waals surface area contributed by atoms with Gasteiger partial charge in [-0.3, -0.25) is 9.78 Å². The Labute approximate surface area is 138 Å². The van der Waals surface area contributed by atoms with E-state index in [0.717, 1.165) is 11.1 Å². The van der Waals surface area contributed by atoms with Crippen molar-refractivity contribution < 1.29 is 4.79 Å². The van der Waals surface area contributed by atoms with E-state index in [0.29, 0.717) is 29.6 Å². The predicted molar refractivity (Wildman–Crippen MR) is 88.0 cm³/mol. The summed E-state index contributed by atoms with van der Waals surface area (Å²) in [5, 5.41) is 3.24. The standard InChI is InChI=1S/C16H14ClN5O/c17-13-3-1-11(9-19-13)2-4-15(23)21-14-10-20-16(22-14)12-5-7-18-8-6-12/h1,3,5-10H,2,4H2,(H,20,22)(H,21,23). The van der Waals surface area contributed by atoms with Crippen LogP contribution in [0.25, 0.3) is 11.4 Å². The Balaban J connectivity index is 1.56. The summed E-state index contributed by atoms with van der Waals surface area (Å²) in [6.45, 7) is 0. The van der Waals surface area contributed by atoms with Crippen LogP contribution in [0.5, 0.6) is 0 Å². The first kappa shape index (κ1) is 15.2. The minimum atomic E-state index is -0.0927. The Bertz CT molecular complexity index is 786. The van der Waals surface area contributed by atoms with Gasteiger partial charge >= 0.3 is 0 Å². The van der Waals surface area contributed by atoms with Crippen LogP contribution < -0.4 is 5.32 Å². The Morgan fingerprint density at radius 3 is 2.70 bits per heavy atom. The molecule has 0 spiro atoms. The summed E-state index contributed by atoms with van der Waals surface area (Å²) in [6.07, 6.45) is 7.60. The van der Waals surface area contributed by atoms with E-state index in [-0.39, 0.29) is 5.91 Å². The van der Waals surface area contributed by atoms with Gasteiger partial charge in [0.1, 0.15) is 16.8 Å². The van der Waals surface area contributed by atoms with Gasteiger partial charge in [0, 0.05) is 30.6 Å². The molecule has 6 nitrogen and oxygen atoms in total. The van der Waals surface area contributed by atoms with Gasteiger partial charge in [-0.25, -0.2) is 9.97 Å². The molecule has 2 N–H and O–H groups in total. The minimum Gasteiger partial charge on any atom is -0.325 e. The number of pyridine rings is 2.